The van der Waals surface area contributed by atoms with Crippen LogP contribution in [-0.4, -0.2) is 64.4 Å². The van der Waals surface area contributed by atoms with Crippen LogP contribution in [0.4, 0.5) is 5.69 Å². The fourth-order valence-electron chi connectivity index (χ4n) is 5.35. The van der Waals surface area contributed by atoms with Gasteiger partial charge < -0.3 is 25.5 Å². The highest BCUT2D eigenvalue weighted by molar-refractivity contribution is 9.10. The maximum absolute atomic E-state index is 14.0. The number of carboxylic acid groups (broad SMARTS) is 1. The van der Waals surface area contributed by atoms with Crippen molar-refractivity contribution < 1.29 is 29.0 Å². The molecule has 0 radical (unpaired) electrons. The Balaban J connectivity index is 1.83. The van der Waals surface area contributed by atoms with Crippen molar-refractivity contribution in [1.29, 1.82) is 0 Å². The van der Waals surface area contributed by atoms with Crippen LogP contribution in [0.3, 0.4) is 0 Å². The number of hydrogen-bond donors (Lipinski definition) is 3. The molecule has 0 spiro atoms. The zero-order valence-corrected chi connectivity index (χ0v) is 23.2. The van der Waals surface area contributed by atoms with Gasteiger partial charge in [0.1, 0.15) is 5.69 Å². The van der Waals surface area contributed by atoms with Crippen molar-refractivity contribution in [3.8, 4) is 0 Å². The van der Waals surface area contributed by atoms with E-state index in [0.29, 0.717) is 43.1 Å². The van der Waals surface area contributed by atoms with Gasteiger partial charge >= 0.3 is 5.97 Å². The smallest absolute Gasteiger partial charge is 0.352 e. The Hall–Kier alpha value is -4.06. The monoisotopic (exact) mass is 606 g/mol. The number of carboxylic acids is 1. The largest absolute Gasteiger partial charge is 0.477 e. The van der Waals surface area contributed by atoms with Crippen LogP contribution in [0, 0.1) is 6.92 Å². The second-order valence-corrected chi connectivity index (χ2v) is 10.5. The van der Waals surface area contributed by atoms with Gasteiger partial charge in [-0.3, -0.25) is 19.3 Å². The van der Waals surface area contributed by atoms with Gasteiger partial charge in [0.05, 0.1) is 42.6 Å². The molecule has 0 aliphatic carbocycles. The molecule has 0 bridgehead atoms. The van der Waals surface area contributed by atoms with Crippen molar-refractivity contribution in [3.63, 3.8) is 0 Å². The number of amides is 2. The zero-order chi connectivity index (χ0) is 28.6. The van der Waals surface area contributed by atoms with Crippen molar-refractivity contribution in [1.82, 2.24) is 9.47 Å². The average molecular weight is 607 g/mol. The predicted molar refractivity (Wildman–Crippen MR) is 152 cm³/mol. The van der Waals surface area contributed by atoms with E-state index in [-0.39, 0.29) is 34.5 Å². The summed E-state index contributed by atoms with van der Waals surface area (Å²) >= 11 is 3.44. The predicted octanol–water partition coefficient (Wildman–Crippen LogP) is 3.69. The van der Waals surface area contributed by atoms with Gasteiger partial charge in [-0.1, -0.05) is 46.3 Å². The molecule has 10 nitrogen and oxygen atoms in total. The van der Waals surface area contributed by atoms with Crippen molar-refractivity contribution in [3.05, 3.63) is 86.6 Å². The third-order valence-electron chi connectivity index (χ3n) is 7.15. The number of aromatic nitrogens is 1. The van der Waals surface area contributed by atoms with Crippen LogP contribution >= 0.6 is 15.9 Å². The molecule has 40 heavy (non-hydrogen) atoms. The molecule has 2 aliphatic heterocycles. The topological polar surface area (TPSA) is 144 Å². The summed E-state index contributed by atoms with van der Waals surface area (Å²) in [7, 11) is 0. The van der Waals surface area contributed by atoms with Crippen LogP contribution in [-0.2, 0) is 14.3 Å². The Morgan fingerprint density at radius 2 is 1.85 bits per heavy atom. The number of primary amides is 1. The molecule has 0 saturated carbocycles. The van der Waals surface area contributed by atoms with Crippen LogP contribution in [0.5, 0.6) is 0 Å². The second-order valence-electron chi connectivity index (χ2n) is 9.61. The number of halogens is 1. The molecule has 1 saturated heterocycles. The van der Waals surface area contributed by atoms with E-state index >= 15 is 0 Å². The summed E-state index contributed by atoms with van der Waals surface area (Å²) in [5.41, 5.74) is 7.88. The highest BCUT2D eigenvalue weighted by atomic mass is 79.9. The Labute approximate surface area is 238 Å². The second kappa shape index (κ2) is 11.2. The lowest BCUT2D eigenvalue weighted by Crippen LogP contribution is -2.43. The fourth-order valence-corrected chi connectivity index (χ4v) is 5.71. The van der Waals surface area contributed by atoms with Crippen LogP contribution in [0.25, 0.3) is 11.6 Å². The molecule has 1 aromatic heterocycles. The van der Waals surface area contributed by atoms with E-state index in [1.807, 2.05) is 4.90 Å². The number of benzene rings is 2. The summed E-state index contributed by atoms with van der Waals surface area (Å²) < 4.78 is 7.70. The van der Waals surface area contributed by atoms with Gasteiger partial charge in [-0.25, -0.2) is 4.79 Å². The van der Waals surface area contributed by atoms with E-state index in [2.05, 4.69) is 21.2 Å². The van der Waals surface area contributed by atoms with E-state index in [9.17, 15) is 24.3 Å². The summed E-state index contributed by atoms with van der Waals surface area (Å²) in [6.07, 6.45) is 0.497. The molecule has 1 fully saturated rings. The first-order chi connectivity index (χ1) is 19.2. The van der Waals surface area contributed by atoms with Gasteiger partial charge in [-0.2, -0.15) is 0 Å². The number of fused-ring (bicyclic) bond motifs is 1. The van der Waals surface area contributed by atoms with Gasteiger partial charge in [-0.15, -0.1) is 0 Å². The number of rotatable bonds is 8. The molecular formula is C29H27BrN4O6. The van der Waals surface area contributed by atoms with E-state index in [4.69, 9.17) is 10.5 Å². The van der Waals surface area contributed by atoms with Crippen molar-refractivity contribution >= 4 is 56.8 Å². The Bertz CT molecular complexity index is 1560. The summed E-state index contributed by atoms with van der Waals surface area (Å²) in [5.74, 6) is -2.71. The molecule has 3 aromatic rings. The summed E-state index contributed by atoms with van der Waals surface area (Å²) in [4.78, 5) is 54.2. The Morgan fingerprint density at radius 1 is 1.15 bits per heavy atom. The molecule has 5 rings (SSSR count). The minimum Gasteiger partial charge on any atom is -0.477 e. The van der Waals surface area contributed by atoms with Gasteiger partial charge in [0.15, 0.2) is 5.78 Å². The zero-order valence-electron chi connectivity index (χ0n) is 21.6. The van der Waals surface area contributed by atoms with Crippen LogP contribution in [0.15, 0.2) is 53.0 Å². The number of nitrogens with one attached hydrogen (secondary N) is 1. The molecular weight excluding hydrogens is 580 g/mol. The van der Waals surface area contributed by atoms with Gasteiger partial charge in [0.25, 0.3) is 5.91 Å². The highest BCUT2D eigenvalue weighted by Gasteiger charge is 2.36. The first-order valence-corrected chi connectivity index (χ1v) is 13.5. The fraction of sp³-hybridized carbons (Fsp3) is 0.241. The SMILES string of the molecule is Cc1c(C(=O)c2ccccc2)c(C=C2C(=O)Nc3ccc(Br)cc32)n(C(CC(N)=O)N2CCOCC2)c1C(=O)O. The molecule has 1 unspecified atom stereocenters. The lowest BCUT2D eigenvalue weighted by molar-refractivity contribution is -0.121. The van der Waals surface area contributed by atoms with Gasteiger partial charge in [0, 0.05) is 34.4 Å². The normalized spacial score (nSPS) is 16.9. The highest BCUT2D eigenvalue weighted by Crippen LogP contribution is 2.39. The molecule has 3 heterocycles. The number of aromatic carboxylic acids is 1. The molecule has 1 atom stereocenters. The number of anilines is 1. The third kappa shape index (κ3) is 5.10. The van der Waals surface area contributed by atoms with E-state index < -0.39 is 29.7 Å². The van der Waals surface area contributed by atoms with Crippen molar-refractivity contribution in [2.45, 2.75) is 19.5 Å². The number of hydrogen-bond acceptors (Lipinski definition) is 6. The molecule has 2 aromatic carbocycles. The lowest BCUT2D eigenvalue weighted by atomic mass is 9.97. The van der Waals surface area contributed by atoms with Gasteiger partial charge in [-0.05, 0) is 36.8 Å². The maximum atomic E-state index is 14.0. The third-order valence-corrected chi connectivity index (χ3v) is 7.64. The Kier molecular flexibility index (Phi) is 7.70. The van der Waals surface area contributed by atoms with Crippen LogP contribution in [0.1, 0.15) is 55.8 Å². The number of carbonyl (C=O) groups is 4. The average Bonchev–Trinajstić information content (AvgIpc) is 3.40. The van der Waals surface area contributed by atoms with Crippen LogP contribution < -0.4 is 11.1 Å². The quantitative estimate of drug-likeness (QED) is 0.262. The maximum Gasteiger partial charge on any atom is 0.352 e. The minimum absolute atomic E-state index is 0.134. The Morgan fingerprint density at radius 3 is 2.50 bits per heavy atom. The molecule has 11 heteroatoms. The van der Waals surface area contributed by atoms with E-state index in [1.54, 1.807) is 55.5 Å². The van der Waals surface area contributed by atoms with Gasteiger partial charge in [0.2, 0.25) is 5.91 Å². The molecule has 2 aliphatic rings. The number of carbonyl (C=O) groups excluding carboxylic acids is 3. The number of nitrogens with two attached hydrogens (primary N) is 1. The number of ether oxygens (including phenoxy) is 1. The van der Waals surface area contributed by atoms with Crippen molar-refractivity contribution in [2.24, 2.45) is 5.73 Å². The van der Waals surface area contributed by atoms with Crippen molar-refractivity contribution in [2.75, 3.05) is 31.6 Å². The summed E-state index contributed by atoms with van der Waals surface area (Å²) in [6, 6.07) is 13.8. The molecule has 206 valence electrons. The summed E-state index contributed by atoms with van der Waals surface area (Å²) in [5, 5.41) is 13.3. The van der Waals surface area contributed by atoms with Crippen LogP contribution in [0.2, 0.25) is 0 Å². The number of ketones is 1. The number of nitrogens with zero attached hydrogens (tertiary/aromatic N) is 2. The van der Waals surface area contributed by atoms with E-state index in [1.165, 1.54) is 10.6 Å². The minimum atomic E-state index is -1.27. The first-order valence-electron chi connectivity index (χ1n) is 12.7. The standard InChI is InChI=1S/C29H27BrN4O6/c1-16-25(27(36)17-5-3-2-4-6-17)22(14-20-19-13-18(30)7-8-21(19)32-28(20)37)34(26(16)29(38)39)24(15-23(31)35)33-9-11-40-12-10-33/h2-8,13-14,24H,9-12,15H2,1H3,(H2,31,35)(H,32,37)(H,38,39). The lowest BCUT2D eigenvalue weighted by Gasteiger charge is -2.36. The first kappa shape index (κ1) is 27.5. The molecule has 2 amide bonds. The molecule has 4 N–H and O–H groups in total. The number of morpholine rings is 1. The summed E-state index contributed by atoms with van der Waals surface area (Å²) in [6.45, 7) is 3.17. The van der Waals surface area contributed by atoms with E-state index in [0.717, 1.165) is 4.47 Å².